The van der Waals surface area contributed by atoms with E-state index in [4.69, 9.17) is 39.1 Å². The van der Waals surface area contributed by atoms with Crippen LogP contribution >= 0.6 is 30.4 Å². The van der Waals surface area contributed by atoms with Gasteiger partial charge < -0.3 is 39.1 Å². The monoisotopic (exact) mass is 392 g/mol. The average Bonchev–Trinajstić information content (AvgIpc) is 2.04. The van der Waals surface area contributed by atoms with Gasteiger partial charge in [-0.25, -0.2) is 0 Å². The van der Waals surface area contributed by atoms with Crippen molar-refractivity contribution in [3.63, 3.8) is 0 Å². The summed E-state index contributed by atoms with van der Waals surface area (Å²) < 4.78 is 44.3. The minimum absolute atomic E-state index is 0.821. The maximum Gasteiger partial charge on any atom is 0.340 e. The lowest BCUT2D eigenvalue weighted by molar-refractivity contribution is 0.301. The molecule has 0 aromatic carbocycles. The molecule has 0 radical (unpaired) electrons. The second-order valence-electron chi connectivity index (χ2n) is 4.46. The molecule has 0 heterocycles. The molecule has 0 aliphatic carbocycles. The first-order valence-electron chi connectivity index (χ1n) is 5.09. The van der Waals surface area contributed by atoms with Crippen LogP contribution in [0.15, 0.2) is 0 Å². The van der Waals surface area contributed by atoms with Crippen molar-refractivity contribution in [1.82, 2.24) is 0 Å². The summed E-state index contributed by atoms with van der Waals surface area (Å²) in [6.45, 7) is 0.821. The van der Waals surface area contributed by atoms with Crippen molar-refractivity contribution in [2.75, 3.05) is 0 Å². The number of rotatable bonds is 7. The Hall–Kier alpha value is 0.600. The Morgan fingerprint density at radius 2 is 0.952 bits per heavy atom. The second kappa shape index (κ2) is 6.61. The van der Waals surface area contributed by atoms with Crippen LogP contribution in [0.5, 0.6) is 0 Å². The molecular formula is C5H16O12P4. The van der Waals surface area contributed by atoms with E-state index < -0.39 is 53.5 Å². The average molecular weight is 392 g/mol. The molecule has 0 aromatic rings. The van der Waals surface area contributed by atoms with Crippen molar-refractivity contribution >= 4 is 30.4 Å². The largest absolute Gasteiger partial charge is 0.340 e. The third-order valence-corrected chi connectivity index (χ3v) is 10.5. The lowest BCUT2D eigenvalue weighted by Gasteiger charge is -2.29. The van der Waals surface area contributed by atoms with Gasteiger partial charge in [-0.15, -0.1) is 0 Å². The van der Waals surface area contributed by atoms with Crippen LogP contribution in [-0.4, -0.2) is 49.9 Å². The van der Waals surface area contributed by atoms with Gasteiger partial charge in [0.1, 0.15) is 0 Å². The minimum Gasteiger partial charge on any atom is -0.324 e. The lowest BCUT2D eigenvalue weighted by atomic mass is 10.1. The van der Waals surface area contributed by atoms with E-state index in [-0.39, 0.29) is 0 Å². The molecule has 0 rings (SSSR count). The highest BCUT2D eigenvalue weighted by Crippen LogP contribution is 2.67. The number of hydrogen-bond acceptors (Lipinski definition) is 4. The fourth-order valence-electron chi connectivity index (χ4n) is 1.78. The van der Waals surface area contributed by atoms with Crippen molar-refractivity contribution < 1.29 is 57.4 Å². The van der Waals surface area contributed by atoms with Crippen LogP contribution in [0.1, 0.15) is 13.3 Å². The van der Waals surface area contributed by atoms with Gasteiger partial charge in [0.25, 0.3) is 0 Å². The summed E-state index contributed by atoms with van der Waals surface area (Å²) in [4.78, 5) is 71.3. The Kier molecular flexibility index (Phi) is 6.80. The maximum atomic E-state index is 11.1. The molecule has 8 N–H and O–H groups in total. The summed E-state index contributed by atoms with van der Waals surface area (Å²) in [6.07, 6.45) is -1.19. The molecule has 16 heteroatoms. The summed E-state index contributed by atoms with van der Waals surface area (Å²) in [6, 6.07) is 0. The van der Waals surface area contributed by atoms with E-state index in [1.807, 2.05) is 0 Å². The van der Waals surface area contributed by atoms with Gasteiger partial charge in [-0.2, -0.15) is 0 Å². The van der Waals surface area contributed by atoms with Crippen molar-refractivity contribution in [2.45, 2.75) is 24.1 Å². The predicted octanol–water partition coefficient (Wildman–Crippen LogP) is -0.624. The second-order valence-corrected chi connectivity index (χ2v) is 12.4. The maximum absolute atomic E-state index is 11.1. The Morgan fingerprint density at radius 3 is 1.14 bits per heavy atom. The molecule has 0 aromatic heterocycles. The summed E-state index contributed by atoms with van der Waals surface area (Å²) in [5.74, 6) is -1.77. The van der Waals surface area contributed by atoms with Crippen molar-refractivity contribution in [2.24, 2.45) is 5.92 Å². The molecule has 12 nitrogen and oxygen atoms in total. The zero-order valence-corrected chi connectivity index (χ0v) is 14.0. The van der Waals surface area contributed by atoms with Gasteiger partial charge in [-0.3, -0.25) is 18.3 Å². The zero-order chi connectivity index (χ0) is 17.4. The van der Waals surface area contributed by atoms with Gasteiger partial charge >= 0.3 is 30.4 Å². The first-order chi connectivity index (χ1) is 8.88. The first kappa shape index (κ1) is 21.6. The molecule has 0 saturated carbocycles. The van der Waals surface area contributed by atoms with Gasteiger partial charge in [-0.1, -0.05) is 6.92 Å². The molecule has 0 spiro atoms. The highest BCUT2D eigenvalue weighted by Gasteiger charge is 2.51. The van der Waals surface area contributed by atoms with Crippen LogP contribution in [0, 0.1) is 5.92 Å². The van der Waals surface area contributed by atoms with Gasteiger partial charge in [0, 0.05) is 0 Å². The van der Waals surface area contributed by atoms with Crippen LogP contribution < -0.4 is 0 Å². The van der Waals surface area contributed by atoms with Gasteiger partial charge in [-0.05, 0) is 12.3 Å². The van der Waals surface area contributed by atoms with Crippen LogP contribution in [-0.2, 0) is 18.3 Å². The molecule has 1 unspecified atom stereocenters. The predicted molar refractivity (Wildman–Crippen MR) is 69.5 cm³/mol. The van der Waals surface area contributed by atoms with Gasteiger partial charge in [0.05, 0.1) is 0 Å². The molecule has 0 saturated heterocycles. The highest BCUT2D eigenvalue weighted by molar-refractivity contribution is 7.71. The van der Waals surface area contributed by atoms with Crippen LogP contribution in [0.4, 0.5) is 0 Å². The molecule has 0 aliphatic rings. The zero-order valence-electron chi connectivity index (χ0n) is 10.4. The Morgan fingerprint density at radius 1 is 0.667 bits per heavy atom. The molecule has 0 amide bonds. The molecule has 0 fully saturated rings. The molecule has 1 atom stereocenters. The van der Waals surface area contributed by atoms with Crippen LogP contribution in [0.25, 0.3) is 0 Å². The molecule has 0 aliphatic heterocycles. The highest BCUT2D eigenvalue weighted by atomic mass is 31.2. The van der Waals surface area contributed by atoms with E-state index in [0.29, 0.717) is 0 Å². The third-order valence-electron chi connectivity index (χ3n) is 2.56. The molecule has 0 bridgehead atoms. The van der Waals surface area contributed by atoms with E-state index in [1.165, 1.54) is 0 Å². The Labute approximate surface area is 118 Å². The van der Waals surface area contributed by atoms with Crippen LogP contribution in [0.3, 0.4) is 0 Å². The smallest absolute Gasteiger partial charge is 0.324 e. The van der Waals surface area contributed by atoms with Crippen molar-refractivity contribution in [3.8, 4) is 0 Å². The number of hydrogen-bond donors (Lipinski definition) is 8. The normalized spacial score (nSPS) is 16.5. The Balaban J connectivity index is 5.65. The van der Waals surface area contributed by atoms with E-state index in [1.54, 1.807) is 0 Å². The summed E-state index contributed by atoms with van der Waals surface area (Å²) in [5.41, 5.74) is 0. The fourth-order valence-corrected chi connectivity index (χ4v) is 7.70. The topological polar surface area (TPSA) is 230 Å². The van der Waals surface area contributed by atoms with E-state index in [9.17, 15) is 18.3 Å². The summed E-state index contributed by atoms with van der Waals surface area (Å²) in [7, 11) is -21.5. The van der Waals surface area contributed by atoms with Gasteiger partial charge in [0.2, 0.25) is 0 Å². The molecular weight excluding hydrogens is 376 g/mol. The van der Waals surface area contributed by atoms with E-state index in [0.717, 1.165) is 6.92 Å². The minimum atomic E-state index is -5.38. The Bertz CT molecular complexity index is 502. The summed E-state index contributed by atoms with van der Waals surface area (Å²) in [5, 5.41) is -5.23. The SMILES string of the molecule is CC(CC(P(=O)(O)O)P(=O)(O)O)C(P(=O)(O)O)P(=O)(O)O. The fraction of sp³-hybridized carbons (Fsp3) is 1.00. The van der Waals surface area contributed by atoms with Crippen LogP contribution in [0.2, 0.25) is 0 Å². The molecule has 128 valence electrons. The van der Waals surface area contributed by atoms with E-state index in [2.05, 4.69) is 0 Å². The van der Waals surface area contributed by atoms with Crippen molar-refractivity contribution in [3.05, 3.63) is 0 Å². The third kappa shape index (κ3) is 6.71. The van der Waals surface area contributed by atoms with E-state index >= 15 is 0 Å². The van der Waals surface area contributed by atoms with Crippen molar-refractivity contribution in [1.29, 1.82) is 0 Å². The first-order valence-corrected chi connectivity index (χ1v) is 11.8. The summed E-state index contributed by atoms with van der Waals surface area (Å²) >= 11 is 0. The lowest BCUT2D eigenvalue weighted by Crippen LogP contribution is -2.24. The molecule has 21 heavy (non-hydrogen) atoms. The van der Waals surface area contributed by atoms with Gasteiger partial charge in [0.15, 0.2) is 10.8 Å². The standard InChI is InChI=1S/C5H16O12P4/c1-3(5(20(12,13)14)21(15,16)17)2-4(18(6,7)8)19(9,10)11/h3-5H,2H2,1H3,(H2,6,7,8)(H2,9,10,11)(H2,12,13,14)(H2,15,16,17). The quantitative estimate of drug-likeness (QED) is 0.253.